The summed E-state index contributed by atoms with van der Waals surface area (Å²) in [6.07, 6.45) is -1.99. The van der Waals surface area contributed by atoms with Crippen LogP contribution in [0.15, 0.2) is 42.5 Å². The Bertz CT molecular complexity index is 783. The Morgan fingerprint density at radius 2 is 1.75 bits per heavy atom. The molecule has 1 saturated heterocycles. The van der Waals surface area contributed by atoms with Crippen LogP contribution in [0.4, 0.5) is 0 Å². The fourth-order valence-electron chi connectivity index (χ4n) is 3.32. The van der Waals surface area contributed by atoms with Crippen LogP contribution in [0.1, 0.15) is 29.7 Å². The Kier molecular flexibility index (Phi) is 7.25. The molecule has 2 aromatic carbocycles. The summed E-state index contributed by atoms with van der Waals surface area (Å²) in [4.78, 5) is 0. The number of thioether (sulfide) groups is 1. The Morgan fingerprint density at radius 3 is 2.39 bits per heavy atom. The van der Waals surface area contributed by atoms with E-state index < -0.39 is 29.9 Å². The van der Waals surface area contributed by atoms with Gasteiger partial charge in [-0.1, -0.05) is 35.9 Å². The van der Waals surface area contributed by atoms with E-state index in [1.165, 1.54) is 11.8 Å². The highest BCUT2D eigenvalue weighted by Crippen LogP contribution is 2.37. The molecule has 1 fully saturated rings. The van der Waals surface area contributed by atoms with Gasteiger partial charge in [-0.3, -0.25) is 0 Å². The summed E-state index contributed by atoms with van der Waals surface area (Å²) in [7, 11) is 0. The van der Waals surface area contributed by atoms with Gasteiger partial charge in [0.2, 0.25) is 0 Å². The fraction of sp³-hybridized carbons (Fsp3) is 0.429. The van der Waals surface area contributed by atoms with Crippen LogP contribution in [-0.2, 0) is 11.2 Å². The van der Waals surface area contributed by atoms with Crippen LogP contribution in [0.25, 0.3) is 0 Å². The van der Waals surface area contributed by atoms with E-state index in [1.54, 1.807) is 18.4 Å². The van der Waals surface area contributed by atoms with Gasteiger partial charge in [-0.25, -0.2) is 0 Å². The van der Waals surface area contributed by atoms with Gasteiger partial charge in [0, 0.05) is 5.02 Å². The zero-order chi connectivity index (χ0) is 20.3. The first-order valence-electron chi connectivity index (χ1n) is 9.17. The molecule has 7 heteroatoms. The molecule has 0 unspecified atom stereocenters. The number of benzene rings is 2. The molecule has 0 radical (unpaired) electrons. The second-order valence-corrected chi connectivity index (χ2v) is 8.08. The third-order valence-corrected chi connectivity index (χ3v) is 6.05. The summed E-state index contributed by atoms with van der Waals surface area (Å²) in [6, 6.07) is 13.3. The lowest BCUT2D eigenvalue weighted by Gasteiger charge is -2.40. The molecule has 0 bridgehead atoms. The highest BCUT2D eigenvalue weighted by Gasteiger charge is 2.44. The molecule has 1 aliphatic heterocycles. The Balaban J connectivity index is 1.82. The van der Waals surface area contributed by atoms with Crippen molar-refractivity contribution in [3.63, 3.8) is 0 Å². The average Bonchev–Trinajstić information content (AvgIpc) is 2.70. The molecule has 1 heterocycles. The van der Waals surface area contributed by atoms with Crippen molar-refractivity contribution < 1.29 is 24.8 Å². The lowest BCUT2D eigenvalue weighted by Crippen LogP contribution is -2.52. The maximum atomic E-state index is 10.4. The van der Waals surface area contributed by atoms with Gasteiger partial charge in [-0.05, 0) is 54.5 Å². The van der Waals surface area contributed by atoms with E-state index in [0.717, 1.165) is 16.9 Å². The number of aliphatic hydroxyl groups excluding tert-OH is 3. The normalized spacial score (nSPS) is 27.6. The molecule has 28 heavy (non-hydrogen) atoms. The van der Waals surface area contributed by atoms with Crippen molar-refractivity contribution in [1.82, 2.24) is 0 Å². The first-order chi connectivity index (χ1) is 13.4. The topological polar surface area (TPSA) is 79.2 Å². The molecule has 0 aromatic heterocycles. The number of halogens is 1. The molecule has 2 aromatic rings. The summed E-state index contributed by atoms with van der Waals surface area (Å²) in [5, 5.41) is 31.2. The zero-order valence-corrected chi connectivity index (χ0v) is 17.4. The summed E-state index contributed by atoms with van der Waals surface area (Å²) < 4.78 is 11.3. The number of rotatable bonds is 6. The van der Waals surface area contributed by atoms with Crippen LogP contribution >= 0.6 is 23.4 Å². The Morgan fingerprint density at radius 1 is 1.04 bits per heavy atom. The maximum Gasteiger partial charge on any atom is 0.132 e. The van der Waals surface area contributed by atoms with E-state index >= 15 is 0 Å². The fourth-order valence-corrected chi connectivity index (χ4v) is 4.17. The molecule has 3 rings (SSSR count). The van der Waals surface area contributed by atoms with E-state index in [1.807, 2.05) is 37.3 Å². The van der Waals surface area contributed by atoms with Crippen molar-refractivity contribution in [1.29, 1.82) is 0 Å². The lowest BCUT2D eigenvalue weighted by atomic mass is 9.92. The van der Waals surface area contributed by atoms with Gasteiger partial charge >= 0.3 is 0 Å². The maximum absolute atomic E-state index is 10.4. The standard InChI is InChI=1S/C21H25ClO5S/c1-3-26-15-7-4-12(5-8-15)10-14-11-13(6-9-16(14)22)20-18(24)17(23)19(25)21(27-20)28-2/h4-9,11,17-21,23-25H,3,10H2,1-2H3/t17-,18-,19+,20+,21-/m0/s1. The van der Waals surface area contributed by atoms with Gasteiger partial charge in [0.15, 0.2) is 0 Å². The van der Waals surface area contributed by atoms with E-state index in [0.29, 0.717) is 23.6 Å². The van der Waals surface area contributed by atoms with Crippen molar-refractivity contribution in [2.75, 3.05) is 12.9 Å². The molecule has 5 atom stereocenters. The molecular formula is C21H25ClO5S. The lowest BCUT2D eigenvalue weighted by molar-refractivity contribution is -0.200. The van der Waals surface area contributed by atoms with Gasteiger partial charge in [-0.2, -0.15) is 0 Å². The minimum atomic E-state index is -1.28. The van der Waals surface area contributed by atoms with Crippen LogP contribution < -0.4 is 4.74 Å². The molecule has 152 valence electrons. The monoisotopic (exact) mass is 424 g/mol. The van der Waals surface area contributed by atoms with Crippen LogP contribution in [0.2, 0.25) is 5.02 Å². The second-order valence-electron chi connectivity index (χ2n) is 6.74. The van der Waals surface area contributed by atoms with Crippen LogP contribution in [0, 0.1) is 0 Å². The van der Waals surface area contributed by atoms with Crippen molar-refractivity contribution >= 4 is 23.4 Å². The minimum absolute atomic E-state index is 0.610. The van der Waals surface area contributed by atoms with Crippen molar-refractivity contribution in [2.24, 2.45) is 0 Å². The van der Waals surface area contributed by atoms with E-state index in [-0.39, 0.29) is 0 Å². The minimum Gasteiger partial charge on any atom is -0.494 e. The highest BCUT2D eigenvalue weighted by atomic mass is 35.5. The van der Waals surface area contributed by atoms with Gasteiger partial charge in [-0.15, -0.1) is 11.8 Å². The number of hydrogen-bond donors (Lipinski definition) is 3. The van der Waals surface area contributed by atoms with E-state index in [4.69, 9.17) is 21.1 Å². The van der Waals surface area contributed by atoms with Crippen LogP contribution in [0.5, 0.6) is 5.75 Å². The SMILES string of the molecule is CCOc1ccc(Cc2cc([C@H]3O[C@@H](SC)[C@H](O)[C@@H](O)[C@@H]3O)ccc2Cl)cc1. The predicted molar refractivity (Wildman–Crippen MR) is 111 cm³/mol. The second kappa shape index (κ2) is 9.48. The summed E-state index contributed by atoms with van der Waals surface area (Å²) in [5.41, 5.74) is 2.06. The Hall–Kier alpha value is -1.28. The van der Waals surface area contributed by atoms with Gasteiger partial charge in [0.1, 0.15) is 35.6 Å². The van der Waals surface area contributed by atoms with Crippen molar-refractivity contribution in [3.8, 4) is 5.75 Å². The highest BCUT2D eigenvalue weighted by molar-refractivity contribution is 7.99. The van der Waals surface area contributed by atoms with Crippen LogP contribution in [0.3, 0.4) is 0 Å². The molecule has 0 spiro atoms. The number of aliphatic hydroxyl groups is 3. The van der Waals surface area contributed by atoms with Crippen molar-refractivity contribution in [3.05, 3.63) is 64.2 Å². The van der Waals surface area contributed by atoms with Gasteiger partial charge in [0.25, 0.3) is 0 Å². The first kappa shape index (κ1) is 21.4. The predicted octanol–water partition coefficient (Wildman–Crippen LogP) is 3.17. The average molecular weight is 425 g/mol. The molecular weight excluding hydrogens is 400 g/mol. The van der Waals surface area contributed by atoms with Crippen LogP contribution in [-0.4, -0.2) is 51.9 Å². The summed E-state index contributed by atoms with van der Waals surface area (Å²) in [5.74, 6) is 0.820. The largest absolute Gasteiger partial charge is 0.494 e. The van der Waals surface area contributed by atoms with E-state index in [9.17, 15) is 15.3 Å². The molecule has 5 nitrogen and oxygen atoms in total. The van der Waals surface area contributed by atoms with E-state index in [2.05, 4.69) is 0 Å². The summed E-state index contributed by atoms with van der Waals surface area (Å²) in [6.45, 7) is 2.56. The van der Waals surface area contributed by atoms with Gasteiger partial charge in [0.05, 0.1) is 6.61 Å². The van der Waals surface area contributed by atoms with Gasteiger partial charge < -0.3 is 24.8 Å². The van der Waals surface area contributed by atoms with Crippen molar-refractivity contribution in [2.45, 2.75) is 43.2 Å². The smallest absolute Gasteiger partial charge is 0.132 e. The molecule has 0 amide bonds. The molecule has 0 aliphatic carbocycles. The molecule has 3 N–H and O–H groups in total. The number of hydrogen-bond acceptors (Lipinski definition) is 6. The zero-order valence-electron chi connectivity index (χ0n) is 15.8. The molecule has 1 aliphatic rings. The number of ether oxygens (including phenoxy) is 2. The molecule has 0 saturated carbocycles. The third kappa shape index (κ3) is 4.64. The summed E-state index contributed by atoms with van der Waals surface area (Å²) >= 11 is 7.68. The third-order valence-electron chi connectivity index (χ3n) is 4.83. The first-order valence-corrected chi connectivity index (χ1v) is 10.8. The Labute approximate surface area is 174 Å². The quantitative estimate of drug-likeness (QED) is 0.661.